The lowest BCUT2D eigenvalue weighted by Gasteiger charge is -2.20. The van der Waals surface area contributed by atoms with Crippen molar-refractivity contribution in [1.82, 2.24) is 20.4 Å². The van der Waals surface area contributed by atoms with Gasteiger partial charge in [0.05, 0.1) is 11.6 Å². The van der Waals surface area contributed by atoms with Gasteiger partial charge in [0, 0.05) is 22.8 Å². The van der Waals surface area contributed by atoms with Crippen LogP contribution >= 0.6 is 11.3 Å². The Kier molecular flexibility index (Phi) is 4.26. The Morgan fingerprint density at radius 2 is 2.24 bits per heavy atom. The van der Waals surface area contributed by atoms with E-state index in [2.05, 4.69) is 20.4 Å². The zero-order chi connectivity index (χ0) is 17.4. The fourth-order valence-corrected chi connectivity index (χ4v) is 3.93. The van der Waals surface area contributed by atoms with E-state index >= 15 is 0 Å². The fraction of sp³-hybridized carbons (Fsp3) is 0.500. The normalized spacial score (nSPS) is 20.7. The van der Waals surface area contributed by atoms with Gasteiger partial charge < -0.3 is 15.6 Å². The average molecular weight is 361 g/mol. The number of nitrogens with zero attached hydrogens (tertiary/aromatic N) is 3. The van der Waals surface area contributed by atoms with Gasteiger partial charge in [0.25, 0.3) is 11.7 Å². The standard InChI is InChI=1S/C16H19N5O3S/c17-13(22)9-6-11(25-8-9)7-21-5-1-2-12(21)16-19-14(20-24-16)15(23)18-10-3-4-10/h6,8,10,12H,1-5,7H2,(H2,17,22)(H,18,23)/t12-/m1/s1. The summed E-state index contributed by atoms with van der Waals surface area (Å²) in [7, 11) is 0. The summed E-state index contributed by atoms with van der Waals surface area (Å²) in [5.41, 5.74) is 5.84. The van der Waals surface area contributed by atoms with Crippen LogP contribution in [-0.2, 0) is 6.54 Å². The predicted molar refractivity (Wildman–Crippen MR) is 90.0 cm³/mol. The minimum Gasteiger partial charge on any atom is -0.366 e. The van der Waals surface area contributed by atoms with Crippen LogP contribution in [0.15, 0.2) is 16.0 Å². The number of hydrogen-bond donors (Lipinski definition) is 2. The third-order valence-corrected chi connectivity index (χ3v) is 5.42. The minimum atomic E-state index is -0.413. The van der Waals surface area contributed by atoms with E-state index in [1.165, 1.54) is 11.3 Å². The molecule has 0 radical (unpaired) electrons. The first-order chi connectivity index (χ1) is 12.1. The molecule has 1 saturated carbocycles. The summed E-state index contributed by atoms with van der Waals surface area (Å²) in [6.07, 6.45) is 3.95. The molecule has 2 aliphatic rings. The number of amides is 2. The van der Waals surface area contributed by atoms with Gasteiger partial charge in [-0.05, 0) is 38.3 Å². The van der Waals surface area contributed by atoms with Gasteiger partial charge in [0.15, 0.2) is 0 Å². The van der Waals surface area contributed by atoms with Gasteiger partial charge in [0.1, 0.15) is 0 Å². The Labute approximate surface area is 148 Å². The van der Waals surface area contributed by atoms with Gasteiger partial charge in [-0.3, -0.25) is 14.5 Å². The van der Waals surface area contributed by atoms with Crippen molar-refractivity contribution in [2.45, 2.75) is 44.3 Å². The fourth-order valence-electron chi connectivity index (χ4n) is 3.03. The summed E-state index contributed by atoms with van der Waals surface area (Å²) in [6, 6.07) is 2.08. The van der Waals surface area contributed by atoms with Crippen molar-refractivity contribution < 1.29 is 14.1 Å². The molecule has 9 heteroatoms. The smallest absolute Gasteiger partial charge is 0.292 e. The number of carbonyl (C=O) groups excluding carboxylic acids is 2. The monoisotopic (exact) mass is 361 g/mol. The molecular formula is C16H19N5O3S. The maximum atomic E-state index is 12.0. The first-order valence-electron chi connectivity index (χ1n) is 8.36. The largest absolute Gasteiger partial charge is 0.366 e. The lowest BCUT2D eigenvalue weighted by Crippen LogP contribution is -2.26. The number of nitrogens with two attached hydrogens (primary N) is 1. The summed E-state index contributed by atoms with van der Waals surface area (Å²) in [5.74, 6) is -0.110. The van der Waals surface area contributed by atoms with Crippen molar-refractivity contribution in [3.05, 3.63) is 33.6 Å². The molecule has 3 N–H and O–H groups in total. The molecule has 1 atom stereocenters. The molecule has 2 amide bonds. The van der Waals surface area contributed by atoms with E-state index in [4.69, 9.17) is 10.3 Å². The van der Waals surface area contributed by atoms with Crippen LogP contribution in [0.2, 0.25) is 0 Å². The molecule has 1 saturated heterocycles. The van der Waals surface area contributed by atoms with Gasteiger partial charge in [-0.25, -0.2) is 0 Å². The van der Waals surface area contributed by atoms with Crippen LogP contribution in [0, 0.1) is 0 Å². The van der Waals surface area contributed by atoms with Crippen molar-refractivity contribution >= 4 is 23.2 Å². The van der Waals surface area contributed by atoms with Gasteiger partial charge in [0.2, 0.25) is 11.8 Å². The van der Waals surface area contributed by atoms with E-state index in [1.54, 1.807) is 5.38 Å². The second-order valence-corrected chi connectivity index (χ2v) is 7.49. The third kappa shape index (κ3) is 3.57. The first-order valence-corrected chi connectivity index (χ1v) is 9.24. The van der Waals surface area contributed by atoms with Crippen LogP contribution < -0.4 is 11.1 Å². The Morgan fingerprint density at radius 1 is 1.40 bits per heavy atom. The number of primary amides is 1. The van der Waals surface area contributed by atoms with E-state index in [0.717, 1.165) is 37.1 Å². The van der Waals surface area contributed by atoms with Crippen LogP contribution in [0.5, 0.6) is 0 Å². The molecule has 2 aromatic rings. The molecule has 2 aromatic heterocycles. The van der Waals surface area contributed by atoms with Crippen molar-refractivity contribution in [1.29, 1.82) is 0 Å². The highest BCUT2D eigenvalue weighted by molar-refractivity contribution is 7.10. The van der Waals surface area contributed by atoms with Crippen molar-refractivity contribution in [2.75, 3.05) is 6.54 Å². The topological polar surface area (TPSA) is 114 Å². The van der Waals surface area contributed by atoms with Gasteiger partial charge >= 0.3 is 0 Å². The number of thiophene rings is 1. The Balaban J connectivity index is 1.44. The summed E-state index contributed by atoms with van der Waals surface area (Å²) >= 11 is 1.51. The summed E-state index contributed by atoms with van der Waals surface area (Å²) in [4.78, 5) is 30.8. The molecule has 132 valence electrons. The van der Waals surface area contributed by atoms with Crippen LogP contribution in [0.1, 0.15) is 63.5 Å². The molecule has 0 aromatic carbocycles. The number of nitrogens with one attached hydrogen (secondary N) is 1. The highest BCUT2D eigenvalue weighted by atomic mass is 32.1. The molecule has 1 aliphatic carbocycles. The molecular weight excluding hydrogens is 342 g/mol. The molecule has 25 heavy (non-hydrogen) atoms. The SMILES string of the molecule is NC(=O)c1csc(CN2CCC[C@@H]2c2nc(C(=O)NC3CC3)no2)c1. The van der Waals surface area contributed by atoms with E-state index in [0.29, 0.717) is 18.0 Å². The summed E-state index contributed by atoms with van der Waals surface area (Å²) in [5, 5.41) is 8.46. The lowest BCUT2D eigenvalue weighted by atomic mass is 10.2. The summed E-state index contributed by atoms with van der Waals surface area (Å²) < 4.78 is 5.35. The van der Waals surface area contributed by atoms with Crippen molar-refractivity contribution in [3.63, 3.8) is 0 Å². The number of carbonyl (C=O) groups is 2. The number of hydrogen-bond acceptors (Lipinski definition) is 7. The summed E-state index contributed by atoms with van der Waals surface area (Å²) in [6.45, 7) is 1.59. The molecule has 0 spiro atoms. The predicted octanol–water partition coefficient (Wildman–Crippen LogP) is 1.46. The van der Waals surface area contributed by atoms with Gasteiger partial charge in [-0.2, -0.15) is 4.98 Å². The number of rotatable bonds is 6. The molecule has 2 fully saturated rings. The van der Waals surface area contributed by atoms with E-state index in [1.807, 2.05) is 6.07 Å². The van der Waals surface area contributed by atoms with Crippen LogP contribution in [0.3, 0.4) is 0 Å². The maximum Gasteiger partial charge on any atom is 0.292 e. The molecule has 0 unspecified atom stereocenters. The molecule has 1 aliphatic heterocycles. The first kappa shape index (κ1) is 16.2. The molecule has 4 rings (SSSR count). The zero-order valence-electron chi connectivity index (χ0n) is 13.6. The Bertz CT molecular complexity index is 797. The number of likely N-dealkylation sites (tertiary alicyclic amines) is 1. The van der Waals surface area contributed by atoms with E-state index < -0.39 is 5.91 Å². The van der Waals surface area contributed by atoms with Gasteiger partial charge in [-0.15, -0.1) is 11.3 Å². The van der Waals surface area contributed by atoms with Crippen molar-refractivity contribution in [2.24, 2.45) is 5.73 Å². The Hall–Kier alpha value is -2.26. The third-order valence-electron chi connectivity index (χ3n) is 4.50. The van der Waals surface area contributed by atoms with Crippen LogP contribution in [0.4, 0.5) is 0 Å². The van der Waals surface area contributed by atoms with E-state index in [9.17, 15) is 9.59 Å². The molecule has 3 heterocycles. The molecule has 8 nitrogen and oxygen atoms in total. The second-order valence-electron chi connectivity index (χ2n) is 6.50. The second kappa shape index (κ2) is 6.57. The van der Waals surface area contributed by atoms with E-state index in [-0.39, 0.29) is 23.8 Å². The quantitative estimate of drug-likeness (QED) is 0.805. The van der Waals surface area contributed by atoms with Gasteiger partial charge in [-0.1, -0.05) is 5.16 Å². The highest BCUT2D eigenvalue weighted by Gasteiger charge is 2.32. The highest BCUT2D eigenvalue weighted by Crippen LogP contribution is 2.33. The Morgan fingerprint density at radius 3 is 2.96 bits per heavy atom. The zero-order valence-corrected chi connectivity index (χ0v) is 14.4. The lowest BCUT2D eigenvalue weighted by molar-refractivity contribution is 0.0936. The maximum absolute atomic E-state index is 12.0. The van der Waals surface area contributed by atoms with Crippen molar-refractivity contribution in [3.8, 4) is 0 Å². The number of aromatic nitrogens is 2. The average Bonchev–Trinajstić information content (AvgIpc) is 3.01. The van der Waals surface area contributed by atoms with Crippen LogP contribution in [0.25, 0.3) is 0 Å². The molecule has 0 bridgehead atoms. The van der Waals surface area contributed by atoms with Crippen LogP contribution in [-0.4, -0.2) is 39.4 Å². The minimum absolute atomic E-state index is 0.00546.